The molecule has 1 aliphatic rings. The maximum atomic E-state index is 6.20. The third kappa shape index (κ3) is 6.57. The van der Waals surface area contributed by atoms with Gasteiger partial charge in [0, 0.05) is 27.5 Å². The van der Waals surface area contributed by atoms with Gasteiger partial charge in [0.1, 0.15) is 11.2 Å². The highest BCUT2D eigenvalue weighted by atomic mass is 16.3. The van der Waals surface area contributed by atoms with Crippen molar-refractivity contribution in [1.82, 2.24) is 9.97 Å². The van der Waals surface area contributed by atoms with E-state index in [2.05, 4.69) is 205 Å². The molecule has 10 aromatic rings. The van der Waals surface area contributed by atoms with Crippen LogP contribution in [-0.2, 0) is 16.2 Å². The molecule has 64 heavy (non-hydrogen) atoms. The predicted molar refractivity (Wildman–Crippen MR) is 266 cm³/mol. The van der Waals surface area contributed by atoms with Gasteiger partial charge in [-0.05, 0) is 109 Å². The number of hydrogen-bond donors (Lipinski definition) is 0. The largest absolute Gasteiger partial charge is 0.456 e. The molecular weight excluding hydrogens is 777 g/mol. The minimum absolute atomic E-state index is 0.0185. The van der Waals surface area contributed by atoms with Gasteiger partial charge < -0.3 is 4.42 Å². The van der Waals surface area contributed by atoms with Crippen molar-refractivity contribution < 1.29 is 4.42 Å². The van der Waals surface area contributed by atoms with Gasteiger partial charge in [0.05, 0.1) is 16.8 Å². The van der Waals surface area contributed by atoms with Crippen LogP contribution in [0.1, 0.15) is 74.9 Å². The standard InChI is InChI=1S/C61H50N2O/c1-59(2,3)44-21-15-23-46(36-44)61(47-24-16-22-45(37-47)60(4,5)6)52-27-12-10-25-48(52)49-31-29-41(35-53(49)61)40-19-14-20-42(33-40)54-38-55(63-58(62-54)39-17-8-7-9-18-39)43-30-32-57-51(34-43)50-26-11-13-28-56(50)64-57/h7-38H,1-6H3. The second-order valence-corrected chi connectivity index (χ2v) is 19.4. The Bertz CT molecular complexity index is 3360. The monoisotopic (exact) mass is 826 g/mol. The van der Waals surface area contributed by atoms with Gasteiger partial charge in [-0.1, -0.05) is 193 Å². The van der Waals surface area contributed by atoms with Crippen molar-refractivity contribution in [3.63, 3.8) is 0 Å². The van der Waals surface area contributed by atoms with Crippen LogP contribution in [0.4, 0.5) is 0 Å². The summed E-state index contributed by atoms with van der Waals surface area (Å²) in [5, 5.41) is 2.16. The third-order valence-electron chi connectivity index (χ3n) is 13.3. The molecule has 0 saturated carbocycles. The summed E-state index contributed by atoms with van der Waals surface area (Å²) in [5.74, 6) is 0.686. The Balaban J connectivity index is 1.09. The molecule has 8 aromatic carbocycles. The molecule has 1 aliphatic carbocycles. The molecule has 0 radical (unpaired) electrons. The van der Waals surface area contributed by atoms with E-state index in [1.807, 2.05) is 30.3 Å². The Labute approximate surface area is 376 Å². The van der Waals surface area contributed by atoms with Gasteiger partial charge in [0.25, 0.3) is 0 Å². The van der Waals surface area contributed by atoms with Crippen LogP contribution < -0.4 is 0 Å². The first-order valence-electron chi connectivity index (χ1n) is 22.4. The molecule has 0 fully saturated rings. The molecule has 0 saturated heterocycles. The second kappa shape index (κ2) is 14.9. The zero-order valence-electron chi connectivity index (χ0n) is 37.3. The maximum absolute atomic E-state index is 6.20. The van der Waals surface area contributed by atoms with Crippen molar-refractivity contribution in [2.75, 3.05) is 0 Å². The number of furan rings is 1. The van der Waals surface area contributed by atoms with Crippen LogP contribution in [0.5, 0.6) is 0 Å². The summed E-state index contributed by atoms with van der Waals surface area (Å²) in [4.78, 5) is 10.4. The first-order chi connectivity index (χ1) is 30.9. The fourth-order valence-electron chi connectivity index (χ4n) is 9.89. The van der Waals surface area contributed by atoms with Gasteiger partial charge in [0.2, 0.25) is 0 Å². The quantitative estimate of drug-likeness (QED) is 0.168. The molecule has 3 nitrogen and oxygen atoms in total. The molecule has 310 valence electrons. The smallest absolute Gasteiger partial charge is 0.160 e. The van der Waals surface area contributed by atoms with Crippen LogP contribution in [0.15, 0.2) is 199 Å². The lowest BCUT2D eigenvalue weighted by Gasteiger charge is -2.36. The van der Waals surface area contributed by atoms with Crippen molar-refractivity contribution in [1.29, 1.82) is 0 Å². The Morgan fingerprint density at radius 2 is 0.922 bits per heavy atom. The summed E-state index contributed by atoms with van der Waals surface area (Å²) >= 11 is 0. The normalized spacial score (nSPS) is 13.3. The molecule has 0 bridgehead atoms. The number of aromatic nitrogens is 2. The van der Waals surface area contributed by atoms with Crippen molar-refractivity contribution in [3.05, 3.63) is 228 Å². The summed E-state index contributed by atoms with van der Waals surface area (Å²) in [6.07, 6.45) is 0. The zero-order chi connectivity index (χ0) is 43.8. The molecule has 0 amide bonds. The maximum Gasteiger partial charge on any atom is 0.160 e. The van der Waals surface area contributed by atoms with Gasteiger partial charge in [-0.2, -0.15) is 0 Å². The fraction of sp³-hybridized carbons (Fsp3) is 0.148. The lowest BCUT2D eigenvalue weighted by Crippen LogP contribution is -2.30. The third-order valence-corrected chi connectivity index (χ3v) is 13.3. The molecule has 2 heterocycles. The van der Waals surface area contributed by atoms with E-state index >= 15 is 0 Å². The number of rotatable bonds is 6. The molecule has 0 atom stereocenters. The average molecular weight is 827 g/mol. The Morgan fingerprint density at radius 1 is 0.375 bits per heavy atom. The fourth-order valence-corrected chi connectivity index (χ4v) is 9.89. The highest BCUT2D eigenvalue weighted by Gasteiger charge is 2.47. The predicted octanol–water partition coefficient (Wildman–Crippen LogP) is 16.0. The summed E-state index contributed by atoms with van der Waals surface area (Å²) in [7, 11) is 0. The van der Waals surface area contributed by atoms with Gasteiger partial charge in [-0.3, -0.25) is 0 Å². The summed E-state index contributed by atoms with van der Waals surface area (Å²) in [5.41, 5.74) is 18.6. The van der Waals surface area contributed by atoms with Gasteiger partial charge in [-0.25, -0.2) is 9.97 Å². The van der Waals surface area contributed by atoms with E-state index in [0.717, 1.165) is 61.1 Å². The summed E-state index contributed by atoms with van der Waals surface area (Å²) in [6.45, 7) is 13.9. The second-order valence-electron chi connectivity index (χ2n) is 19.4. The highest BCUT2D eigenvalue weighted by Crippen LogP contribution is 2.57. The van der Waals surface area contributed by atoms with Crippen LogP contribution in [0.25, 0.3) is 78.1 Å². The molecule has 2 aromatic heterocycles. The first kappa shape index (κ1) is 39.5. The summed E-state index contributed by atoms with van der Waals surface area (Å²) in [6, 6.07) is 70.7. The van der Waals surface area contributed by atoms with Crippen LogP contribution in [0.2, 0.25) is 0 Å². The molecular formula is C61H50N2O. The lowest BCUT2D eigenvalue weighted by atomic mass is 9.66. The first-order valence-corrected chi connectivity index (χ1v) is 22.4. The molecule has 0 N–H and O–H groups in total. The van der Waals surface area contributed by atoms with Gasteiger partial charge in [-0.15, -0.1) is 0 Å². The van der Waals surface area contributed by atoms with Crippen LogP contribution >= 0.6 is 0 Å². The SMILES string of the molecule is CC(C)(C)c1cccc(C2(c3cccc(C(C)(C)C)c3)c3ccccc3-c3ccc(-c4cccc(-c5cc(-c6ccc7oc8ccccc8c7c6)nc(-c6ccccc6)n5)c4)cc32)c1. The van der Waals surface area contributed by atoms with Gasteiger partial charge >= 0.3 is 0 Å². The zero-order valence-corrected chi connectivity index (χ0v) is 37.3. The van der Waals surface area contributed by atoms with E-state index in [9.17, 15) is 0 Å². The Morgan fingerprint density at radius 3 is 1.64 bits per heavy atom. The van der Waals surface area contributed by atoms with E-state index in [1.54, 1.807) is 0 Å². The van der Waals surface area contributed by atoms with E-state index < -0.39 is 5.41 Å². The summed E-state index contributed by atoms with van der Waals surface area (Å²) < 4.78 is 6.20. The van der Waals surface area contributed by atoms with Crippen molar-refractivity contribution in [2.24, 2.45) is 0 Å². The highest BCUT2D eigenvalue weighted by molar-refractivity contribution is 6.06. The van der Waals surface area contributed by atoms with E-state index in [-0.39, 0.29) is 10.8 Å². The topological polar surface area (TPSA) is 38.9 Å². The number of fused-ring (bicyclic) bond motifs is 6. The number of benzene rings is 8. The molecule has 0 spiro atoms. The Kier molecular flexibility index (Phi) is 9.18. The minimum atomic E-state index is -0.546. The lowest BCUT2D eigenvalue weighted by molar-refractivity contribution is 0.585. The van der Waals surface area contributed by atoms with Crippen molar-refractivity contribution >= 4 is 21.9 Å². The van der Waals surface area contributed by atoms with Crippen molar-refractivity contribution in [3.8, 4) is 56.2 Å². The van der Waals surface area contributed by atoms with E-state index in [1.165, 1.54) is 44.5 Å². The molecule has 0 unspecified atom stereocenters. The van der Waals surface area contributed by atoms with E-state index in [4.69, 9.17) is 14.4 Å². The average Bonchev–Trinajstić information content (AvgIpc) is 3.84. The van der Waals surface area contributed by atoms with Crippen LogP contribution in [0, 0.1) is 0 Å². The molecule has 3 heteroatoms. The van der Waals surface area contributed by atoms with Crippen molar-refractivity contribution in [2.45, 2.75) is 57.8 Å². The number of hydrogen-bond acceptors (Lipinski definition) is 3. The minimum Gasteiger partial charge on any atom is -0.456 e. The van der Waals surface area contributed by atoms with Crippen LogP contribution in [-0.4, -0.2) is 9.97 Å². The number of para-hydroxylation sites is 1. The Hall–Kier alpha value is -7.36. The van der Waals surface area contributed by atoms with E-state index in [0.29, 0.717) is 5.82 Å². The van der Waals surface area contributed by atoms with Gasteiger partial charge in [0.15, 0.2) is 5.82 Å². The molecule has 0 aliphatic heterocycles. The van der Waals surface area contributed by atoms with Crippen LogP contribution in [0.3, 0.4) is 0 Å². The molecule has 11 rings (SSSR count). The number of nitrogens with zero attached hydrogens (tertiary/aromatic N) is 2.